The topological polar surface area (TPSA) is 38.7 Å². The van der Waals surface area contributed by atoms with Gasteiger partial charge < -0.3 is 0 Å². The maximum absolute atomic E-state index is 4.88. The van der Waals surface area contributed by atoms with Gasteiger partial charge in [-0.25, -0.2) is 15.0 Å². The quantitative estimate of drug-likeness (QED) is 0.249. The highest BCUT2D eigenvalue weighted by Gasteiger charge is 2.12. The maximum atomic E-state index is 4.88. The van der Waals surface area contributed by atoms with Gasteiger partial charge in [0, 0.05) is 11.1 Å². The number of nitrogens with zero attached hydrogens (tertiary/aromatic N) is 3. The summed E-state index contributed by atoms with van der Waals surface area (Å²) in [7, 11) is 0. The van der Waals surface area contributed by atoms with Crippen molar-refractivity contribution >= 4 is 32.3 Å². The molecule has 0 fully saturated rings. The Balaban J connectivity index is 1.38. The van der Waals surface area contributed by atoms with Gasteiger partial charge in [0.15, 0.2) is 11.6 Å². The van der Waals surface area contributed by atoms with Crippen molar-refractivity contribution in [2.75, 3.05) is 0 Å². The molecule has 0 spiro atoms. The van der Waals surface area contributed by atoms with Gasteiger partial charge in [-0.2, -0.15) is 0 Å². The van der Waals surface area contributed by atoms with Crippen LogP contribution in [0.25, 0.3) is 66.2 Å². The Bertz CT molecular complexity index is 1860. The second-order valence-electron chi connectivity index (χ2n) is 8.93. The fourth-order valence-electron chi connectivity index (χ4n) is 5.09. The molecule has 0 bridgehead atoms. The minimum Gasteiger partial charge on any atom is -0.217 e. The minimum absolute atomic E-state index is 0.668. The monoisotopic (exact) mass is 459 g/mol. The first-order valence-corrected chi connectivity index (χ1v) is 12.0. The Hall–Kier alpha value is -4.89. The highest BCUT2D eigenvalue weighted by atomic mass is 15.0. The van der Waals surface area contributed by atoms with Crippen molar-refractivity contribution in [1.29, 1.82) is 0 Å². The number of benzene rings is 6. The van der Waals surface area contributed by atoms with Crippen LogP contribution in [0.3, 0.4) is 0 Å². The first-order valence-electron chi connectivity index (χ1n) is 12.0. The fourth-order valence-corrected chi connectivity index (χ4v) is 5.09. The molecule has 7 aromatic rings. The van der Waals surface area contributed by atoms with E-state index in [1.165, 1.54) is 37.9 Å². The summed E-state index contributed by atoms with van der Waals surface area (Å²) in [6.45, 7) is 0. The average Bonchev–Trinajstić information content (AvgIpc) is 2.98. The summed E-state index contributed by atoms with van der Waals surface area (Å²) < 4.78 is 0. The summed E-state index contributed by atoms with van der Waals surface area (Å²) in [5.41, 5.74) is 4.25. The van der Waals surface area contributed by atoms with E-state index in [0.29, 0.717) is 11.6 Å². The number of rotatable bonds is 3. The zero-order valence-electron chi connectivity index (χ0n) is 19.5. The normalized spacial score (nSPS) is 11.3. The molecule has 1 heterocycles. The van der Waals surface area contributed by atoms with Gasteiger partial charge in [0.25, 0.3) is 0 Å². The third-order valence-electron chi connectivity index (χ3n) is 6.80. The fraction of sp³-hybridized carbons (Fsp3) is 0. The lowest BCUT2D eigenvalue weighted by atomic mass is 9.93. The Morgan fingerprint density at radius 3 is 1.50 bits per heavy atom. The van der Waals surface area contributed by atoms with Crippen LogP contribution in [0.2, 0.25) is 0 Å². The van der Waals surface area contributed by atoms with E-state index in [-0.39, 0.29) is 0 Å². The Kier molecular flexibility index (Phi) is 4.78. The lowest BCUT2D eigenvalue weighted by molar-refractivity contribution is 1.07. The molecule has 7 rings (SSSR count). The first kappa shape index (κ1) is 20.5. The van der Waals surface area contributed by atoms with Crippen LogP contribution in [-0.4, -0.2) is 15.0 Å². The molecule has 6 aromatic carbocycles. The van der Waals surface area contributed by atoms with Gasteiger partial charge in [-0.15, -0.1) is 0 Å². The third-order valence-corrected chi connectivity index (χ3v) is 6.80. The summed E-state index contributed by atoms with van der Waals surface area (Å²) in [6, 6.07) is 42.4. The molecule has 0 atom stereocenters. The molecule has 168 valence electrons. The van der Waals surface area contributed by atoms with Crippen LogP contribution in [0.4, 0.5) is 0 Å². The summed E-state index contributed by atoms with van der Waals surface area (Å²) in [4.78, 5) is 13.9. The van der Waals surface area contributed by atoms with Crippen LogP contribution in [0.1, 0.15) is 0 Å². The van der Waals surface area contributed by atoms with E-state index in [1.807, 2.05) is 12.1 Å². The highest BCUT2D eigenvalue weighted by Crippen LogP contribution is 2.36. The molecule has 0 unspecified atom stereocenters. The summed E-state index contributed by atoms with van der Waals surface area (Å²) in [5.74, 6) is 1.34. The molecule has 0 amide bonds. The van der Waals surface area contributed by atoms with Crippen molar-refractivity contribution in [2.24, 2.45) is 0 Å². The average molecular weight is 460 g/mol. The summed E-state index contributed by atoms with van der Waals surface area (Å²) >= 11 is 0. The van der Waals surface area contributed by atoms with E-state index >= 15 is 0 Å². The van der Waals surface area contributed by atoms with E-state index in [0.717, 1.165) is 16.7 Å². The highest BCUT2D eigenvalue weighted by molar-refractivity contribution is 6.25. The maximum Gasteiger partial charge on any atom is 0.163 e. The minimum atomic E-state index is 0.668. The van der Waals surface area contributed by atoms with Crippen molar-refractivity contribution in [3.8, 4) is 33.9 Å². The Labute approximate surface area is 208 Å². The number of aromatic nitrogens is 3. The zero-order valence-corrected chi connectivity index (χ0v) is 19.5. The molecular weight excluding hydrogens is 438 g/mol. The molecule has 0 saturated carbocycles. The Morgan fingerprint density at radius 2 is 0.833 bits per heavy atom. The number of hydrogen-bond acceptors (Lipinski definition) is 3. The third kappa shape index (κ3) is 3.41. The molecular formula is C33H21N3. The molecule has 3 heteroatoms. The van der Waals surface area contributed by atoms with Gasteiger partial charge in [0.2, 0.25) is 0 Å². The van der Waals surface area contributed by atoms with Gasteiger partial charge >= 0.3 is 0 Å². The molecule has 3 nitrogen and oxygen atoms in total. The standard InChI is InChI=1S/C33H21N3/c1-2-9-22(10-3-1)23-11-8-12-24(19-23)32-34-21-35-33(36-32)25-17-18-30-28-15-5-4-13-26(28)27-14-6-7-16-29(27)31(30)20-25/h1-21H. The lowest BCUT2D eigenvalue weighted by Crippen LogP contribution is -1.95. The SMILES string of the molecule is c1ccc(-c2cccc(-c3ncnc(-c4ccc5c6ccccc6c6ccccc6c5c4)n3)c2)cc1. The summed E-state index contributed by atoms with van der Waals surface area (Å²) in [5, 5.41) is 7.46. The molecule has 36 heavy (non-hydrogen) atoms. The van der Waals surface area contributed by atoms with Crippen LogP contribution in [0.15, 0.2) is 128 Å². The molecule has 0 aliphatic heterocycles. The first-order chi connectivity index (χ1) is 17.8. The number of hydrogen-bond donors (Lipinski definition) is 0. The van der Waals surface area contributed by atoms with Crippen molar-refractivity contribution in [3.63, 3.8) is 0 Å². The van der Waals surface area contributed by atoms with Gasteiger partial charge in [0.05, 0.1) is 0 Å². The van der Waals surface area contributed by atoms with Gasteiger partial charge in [-0.05, 0) is 55.6 Å². The van der Waals surface area contributed by atoms with Gasteiger partial charge in [-0.3, -0.25) is 0 Å². The molecule has 0 aliphatic rings. The lowest BCUT2D eigenvalue weighted by Gasteiger charge is -2.11. The van der Waals surface area contributed by atoms with Crippen LogP contribution >= 0.6 is 0 Å². The molecule has 0 saturated heterocycles. The second kappa shape index (κ2) is 8.40. The van der Waals surface area contributed by atoms with Gasteiger partial charge in [0.1, 0.15) is 6.33 Å². The van der Waals surface area contributed by atoms with Gasteiger partial charge in [-0.1, -0.05) is 109 Å². The van der Waals surface area contributed by atoms with Crippen LogP contribution in [0, 0.1) is 0 Å². The van der Waals surface area contributed by atoms with Crippen molar-refractivity contribution in [1.82, 2.24) is 15.0 Å². The molecule has 0 aliphatic carbocycles. The smallest absolute Gasteiger partial charge is 0.163 e. The largest absolute Gasteiger partial charge is 0.217 e. The van der Waals surface area contributed by atoms with Crippen molar-refractivity contribution in [2.45, 2.75) is 0 Å². The van der Waals surface area contributed by atoms with E-state index in [1.54, 1.807) is 6.33 Å². The van der Waals surface area contributed by atoms with Crippen molar-refractivity contribution in [3.05, 3.63) is 128 Å². The van der Waals surface area contributed by atoms with Crippen molar-refractivity contribution < 1.29 is 0 Å². The van der Waals surface area contributed by atoms with E-state index in [9.17, 15) is 0 Å². The molecule has 0 N–H and O–H groups in total. The zero-order chi connectivity index (χ0) is 23.9. The van der Waals surface area contributed by atoms with Crippen LogP contribution in [-0.2, 0) is 0 Å². The number of fused-ring (bicyclic) bond motifs is 6. The van der Waals surface area contributed by atoms with Crippen LogP contribution < -0.4 is 0 Å². The second-order valence-corrected chi connectivity index (χ2v) is 8.93. The molecule has 1 aromatic heterocycles. The molecule has 0 radical (unpaired) electrons. The Morgan fingerprint density at radius 1 is 0.333 bits per heavy atom. The van der Waals surface area contributed by atoms with Crippen LogP contribution in [0.5, 0.6) is 0 Å². The van der Waals surface area contributed by atoms with E-state index in [2.05, 4.69) is 119 Å². The predicted molar refractivity (Wildman–Crippen MR) is 149 cm³/mol. The van der Waals surface area contributed by atoms with E-state index in [4.69, 9.17) is 4.98 Å². The van der Waals surface area contributed by atoms with E-state index < -0.39 is 0 Å². The predicted octanol–water partition coefficient (Wildman–Crippen LogP) is 8.33. The summed E-state index contributed by atoms with van der Waals surface area (Å²) in [6.07, 6.45) is 1.61.